The number of aldehydes is 1. The van der Waals surface area contributed by atoms with Crippen LogP contribution in [-0.4, -0.2) is 6.29 Å². The van der Waals surface area contributed by atoms with E-state index in [4.69, 9.17) is 5.26 Å². The average Bonchev–Trinajstić information content (AvgIpc) is 2.39. The molecular weight excluding hydrogens is 210 g/mol. The Hall–Kier alpha value is -2.40. The highest BCUT2D eigenvalue weighted by Crippen LogP contribution is 2.24. The Kier molecular flexibility index (Phi) is 3.02. The van der Waals surface area contributed by atoms with Crippen molar-refractivity contribution in [1.82, 2.24) is 0 Å². The summed E-state index contributed by atoms with van der Waals surface area (Å²) in [5.74, 6) is 0. The molecule has 0 radical (unpaired) electrons. The van der Waals surface area contributed by atoms with Crippen molar-refractivity contribution < 1.29 is 4.79 Å². The van der Waals surface area contributed by atoms with E-state index in [0.29, 0.717) is 11.1 Å². The van der Waals surface area contributed by atoms with Gasteiger partial charge in [0.05, 0.1) is 11.6 Å². The predicted octanol–water partition coefficient (Wildman–Crippen LogP) is 3.35. The molecule has 2 aromatic rings. The van der Waals surface area contributed by atoms with Crippen LogP contribution in [0.25, 0.3) is 11.1 Å². The van der Waals surface area contributed by atoms with E-state index in [1.165, 1.54) is 0 Å². The van der Waals surface area contributed by atoms with Crippen molar-refractivity contribution in [3.8, 4) is 17.2 Å². The zero-order chi connectivity index (χ0) is 12.3. The summed E-state index contributed by atoms with van der Waals surface area (Å²) in [4.78, 5) is 10.6. The highest BCUT2D eigenvalue weighted by atomic mass is 16.1. The normalized spacial score (nSPS) is 9.65. The van der Waals surface area contributed by atoms with Gasteiger partial charge in [0.2, 0.25) is 0 Å². The topological polar surface area (TPSA) is 40.9 Å². The van der Waals surface area contributed by atoms with Crippen molar-refractivity contribution >= 4 is 6.29 Å². The number of carbonyl (C=O) groups is 1. The molecule has 82 valence electrons. The van der Waals surface area contributed by atoms with Crippen molar-refractivity contribution in [2.24, 2.45) is 0 Å². The second-order valence-electron chi connectivity index (χ2n) is 3.90. The van der Waals surface area contributed by atoms with Crippen LogP contribution < -0.4 is 0 Å². The molecule has 0 unspecified atom stereocenters. The molecule has 0 aliphatic rings. The van der Waals surface area contributed by atoms with E-state index < -0.39 is 0 Å². The van der Waals surface area contributed by atoms with Crippen molar-refractivity contribution in [2.75, 3.05) is 0 Å². The molecule has 0 saturated carbocycles. The van der Waals surface area contributed by atoms with Crippen LogP contribution >= 0.6 is 0 Å². The van der Waals surface area contributed by atoms with Crippen molar-refractivity contribution in [1.29, 1.82) is 5.26 Å². The summed E-state index contributed by atoms with van der Waals surface area (Å²) in [6.07, 6.45) is 0.811. The smallest absolute Gasteiger partial charge is 0.150 e. The third-order valence-corrected chi connectivity index (χ3v) is 2.65. The summed E-state index contributed by atoms with van der Waals surface area (Å²) in [6, 6.07) is 15.1. The highest BCUT2D eigenvalue weighted by Gasteiger charge is 2.04. The maximum absolute atomic E-state index is 10.6. The summed E-state index contributed by atoms with van der Waals surface area (Å²) in [5.41, 5.74) is 4.26. The second kappa shape index (κ2) is 4.63. The number of aryl methyl sites for hydroxylation is 1. The summed E-state index contributed by atoms with van der Waals surface area (Å²) in [5, 5.41) is 9.07. The fourth-order valence-electron chi connectivity index (χ4n) is 1.74. The van der Waals surface area contributed by atoms with Crippen molar-refractivity contribution in [3.63, 3.8) is 0 Å². The van der Waals surface area contributed by atoms with Crippen molar-refractivity contribution in [2.45, 2.75) is 6.92 Å². The van der Waals surface area contributed by atoms with Gasteiger partial charge >= 0.3 is 0 Å². The zero-order valence-corrected chi connectivity index (χ0v) is 9.47. The van der Waals surface area contributed by atoms with Crippen LogP contribution in [0.2, 0.25) is 0 Å². The zero-order valence-electron chi connectivity index (χ0n) is 9.47. The van der Waals surface area contributed by atoms with Gasteiger partial charge in [-0.2, -0.15) is 5.26 Å². The van der Waals surface area contributed by atoms with Gasteiger partial charge in [0.15, 0.2) is 0 Å². The number of nitriles is 1. The van der Waals surface area contributed by atoms with Crippen LogP contribution in [0.3, 0.4) is 0 Å². The fourth-order valence-corrected chi connectivity index (χ4v) is 1.74. The summed E-state index contributed by atoms with van der Waals surface area (Å²) < 4.78 is 0. The molecule has 0 aliphatic carbocycles. The van der Waals surface area contributed by atoms with Gasteiger partial charge in [-0.05, 0) is 24.1 Å². The number of rotatable bonds is 2. The molecule has 0 amide bonds. The SMILES string of the molecule is Cc1ccc(C#N)c(-c2ccc(C=O)cc2)c1. The molecule has 0 heterocycles. The first-order valence-corrected chi connectivity index (χ1v) is 5.31. The lowest BCUT2D eigenvalue weighted by atomic mass is 9.97. The summed E-state index contributed by atoms with van der Waals surface area (Å²) >= 11 is 0. The molecule has 2 rings (SSSR count). The molecule has 2 nitrogen and oxygen atoms in total. The summed E-state index contributed by atoms with van der Waals surface area (Å²) in [7, 11) is 0. The maximum Gasteiger partial charge on any atom is 0.150 e. The Morgan fingerprint density at radius 3 is 2.41 bits per heavy atom. The predicted molar refractivity (Wildman–Crippen MR) is 66.7 cm³/mol. The molecule has 0 bridgehead atoms. The van der Waals surface area contributed by atoms with E-state index >= 15 is 0 Å². The van der Waals surface area contributed by atoms with Gasteiger partial charge in [-0.15, -0.1) is 0 Å². The monoisotopic (exact) mass is 221 g/mol. The van der Waals surface area contributed by atoms with Crippen LogP contribution in [0, 0.1) is 18.3 Å². The van der Waals surface area contributed by atoms with E-state index in [9.17, 15) is 4.79 Å². The molecule has 0 saturated heterocycles. The van der Waals surface area contributed by atoms with Gasteiger partial charge in [0.25, 0.3) is 0 Å². The van der Waals surface area contributed by atoms with Crippen LogP contribution in [-0.2, 0) is 0 Å². The first kappa shape index (κ1) is 11.1. The molecule has 2 aromatic carbocycles. The van der Waals surface area contributed by atoms with Crippen LogP contribution in [0.5, 0.6) is 0 Å². The number of carbonyl (C=O) groups excluding carboxylic acids is 1. The molecule has 17 heavy (non-hydrogen) atoms. The van der Waals surface area contributed by atoms with Crippen molar-refractivity contribution in [3.05, 3.63) is 59.2 Å². The van der Waals surface area contributed by atoms with E-state index in [2.05, 4.69) is 6.07 Å². The van der Waals surface area contributed by atoms with Gasteiger partial charge in [0.1, 0.15) is 6.29 Å². The first-order valence-electron chi connectivity index (χ1n) is 5.31. The van der Waals surface area contributed by atoms with Gasteiger partial charge in [-0.1, -0.05) is 42.0 Å². The Morgan fingerprint density at radius 1 is 1.12 bits per heavy atom. The third kappa shape index (κ3) is 2.24. The number of benzene rings is 2. The number of hydrogen-bond acceptors (Lipinski definition) is 2. The highest BCUT2D eigenvalue weighted by molar-refractivity contribution is 5.78. The molecule has 2 heteroatoms. The lowest BCUT2D eigenvalue weighted by Crippen LogP contribution is -1.87. The van der Waals surface area contributed by atoms with E-state index in [1.54, 1.807) is 12.1 Å². The second-order valence-corrected chi connectivity index (χ2v) is 3.90. The van der Waals surface area contributed by atoms with E-state index in [0.717, 1.165) is 23.0 Å². The fraction of sp³-hybridized carbons (Fsp3) is 0.0667. The quantitative estimate of drug-likeness (QED) is 0.730. The van der Waals surface area contributed by atoms with Crippen LogP contribution in [0.4, 0.5) is 0 Å². The number of nitrogens with zero attached hydrogens (tertiary/aromatic N) is 1. The van der Waals surface area contributed by atoms with E-state index in [-0.39, 0.29) is 0 Å². The van der Waals surface area contributed by atoms with Gasteiger partial charge < -0.3 is 0 Å². The standard InChI is InChI=1S/C15H11NO/c1-11-2-5-14(9-16)15(8-11)13-6-3-12(10-17)4-7-13/h2-8,10H,1H3. The number of hydrogen-bond donors (Lipinski definition) is 0. The summed E-state index contributed by atoms with van der Waals surface area (Å²) in [6.45, 7) is 1.99. The van der Waals surface area contributed by atoms with Crippen LogP contribution in [0.15, 0.2) is 42.5 Å². The Bertz CT molecular complexity index is 591. The minimum atomic E-state index is 0.639. The van der Waals surface area contributed by atoms with Gasteiger partial charge in [0, 0.05) is 5.56 Å². The average molecular weight is 221 g/mol. The van der Waals surface area contributed by atoms with Gasteiger partial charge in [-0.3, -0.25) is 4.79 Å². The molecule has 0 spiro atoms. The minimum absolute atomic E-state index is 0.639. The Labute approximate surface area is 100 Å². The van der Waals surface area contributed by atoms with Gasteiger partial charge in [-0.25, -0.2) is 0 Å². The molecule has 0 atom stereocenters. The molecular formula is C15H11NO. The largest absolute Gasteiger partial charge is 0.298 e. The van der Waals surface area contributed by atoms with E-state index in [1.807, 2.05) is 37.3 Å². The first-order chi connectivity index (χ1) is 8.24. The van der Waals surface area contributed by atoms with Crippen LogP contribution in [0.1, 0.15) is 21.5 Å². The molecule has 0 fully saturated rings. The minimum Gasteiger partial charge on any atom is -0.298 e. The Morgan fingerprint density at radius 2 is 1.82 bits per heavy atom. The Balaban J connectivity index is 2.55. The molecule has 0 aromatic heterocycles. The third-order valence-electron chi connectivity index (χ3n) is 2.65. The molecule has 0 aliphatic heterocycles. The lowest BCUT2D eigenvalue weighted by Gasteiger charge is -2.05. The lowest BCUT2D eigenvalue weighted by molar-refractivity contribution is 0.112. The maximum atomic E-state index is 10.6. The molecule has 0 N–H and O–H groups in total.